The van der Waals surface area contributed by atoms with Gasteiger partial charge in [0.1, 0.15) is 6.61 Å². The summed E-state index contributed by atoms with van der Waals surface area (Å²) in [5.41, 5.74) is 2.21. The summed E-state index contributed by atoms with van der Waals surface area (Å²) in [6.45, 7) is 1.99. The average Bonchev–Trinajstić information content (AvgIpc) is 2.85. The Hall–Kier alpha value is -2.41. The summed E-state index contributed by atoms with van der Waals surface area (Å²) in [7, 11) is 1.80. The molecule has 2 rings (SSSR count). The van der Waals surface area contributed by atoms with E-state index in [9.17, 15) is 10.1 Å². The van der Waals surface area contributed by atoms with Crippen molar-refractivity contribution in [1.82, 2.24) is 9.78 Å². The second-order valence-electron chi connectivity index (χ2n) is 4.61. The maximum Gasteiger partial charge on any atom is 0.310 e. The minimum Gasteiger partial charge on any atom is -0.480 e. The second-order valence-corrected chi connectivity index (χ2v) is 4.61. The molecule has 21 heavy (non-hydrogen) atoms. The summed E-state index contributed by atoms with van der Waals surface area (Å²) < 4.78 is 7.25. The molecule has 0 saturated carbocycles. The van der Waals surface area contributed by atoms with Crippen LogP contribution in [0, 0.1) is 10.1 Å². The van der Waals surface area contributed by atoms with Crippen molar-refractivity contribution in [2.75, 3.05) is 0 Å². The van der Waals surface area contributed by atoms with Crippen molar-refractivity contribution in [3.8, 4) is 5.75 Å². The number of aryl methyl sites for hydroxylation is 2. The van der Waals surface area contributed by atoms with Gasteiger partial charge in [-0.3, -0.25) is 14.8 Å². The van der Waals surface area contributed by atoms with E-state index in [1.165, 1.54) is 18.2 Å². The number of nitrogens with zero attached hydrogens (tertiary/aromatic N) is 3. The van der Waals surface area contributed by atoms with E-state index in [0.29, 0.717) is 5.56 Å². The van der Waals surface area contributed by atoms with E-state index in [1.807, 2.05) is 13.0 Å². The molecular formula is C14H17N3O4. The van der Waals surface area contributed by atoms with Gasteiger partial charge in [-0.05, 0) is 30.2 Å². The van der Waals surface area contributed by atoms with E-state index >= 15 is 0 Å². The third-order valence-corrected chi connectivity index (χ3v) is 3.17. The SMILES string of the molecule is CCc1cc(COc2cc(CO)ccc2[N+](=O)[O-])n(C)n1. The summed E-state index contributed by atoms with van der Waals surface area (Å²) >= 11 is 0. The molecule has 7 nitrogen and oxygen atoms in total. The molecule has 7 heteroatoms. The molecule has 0 bridgehead atoms. The maximum absolute atomic E-state index is 11.0. The van der Waals surface area contributed by atoms with Crippen molar-refractivity contribution in [3.05, 3.63) is 51.3 Å². The first kappa shape index (κ1) is 15.0. The number of hydrogen-bond acceptors (Lipinski definition) is 5. The summed E-state index contributed by atoms with van der Waals surface area (Å²) in [6.07, 6.45) is 0.813. The molecule has 0 fully saturated rings. The Labute approximate surface area is 121 Å². The van der Waals surface area contributed by atoms with Crippen molar-refractivity contribution < 1.29 is 14.8 Å². The highest BCUT2D eigenvalue weighted by atomic mass is 16.6. The van der Waals surface area contributed by atoms with Crippen molar-refractivity contribution in [2.45, 2.75) is 26.6 Å². The quantitative estimate of drug-likeness (QED) is 0.649. The fourth-order valence-electron chi connectivity index (χ4n) is 1.95. The zero-order chi connectivity index (χ0) is 15.4. The number of hydrogen-bond donors (Lipinski definition) is 1. The van der Waals surface area contributed by atoms with Crippen LogP contribution in [0.4, 0.5) is 5.69 Å². The summed E-state index contributed by atoms with van der Waals surface area (Å²) in [5.74, 6) is 0.144. The van der Waals surface area contributed by atoms with Gasteiger partial charge in [-0.1, -0.05) is 6.92 Å². The first-order chi connectivity index (χ1) is 10.0. The number of aliphatic hydroxyl groups excluding tert-OH is 1. The van der Waals surface area contributed by atoms with Gasteiger partial charge in [-0.15, -0.1) is 0 Å². The van der Waals surface area contributed by atoms with Gasteiger partial charge in [0.05, 0.1) is 22.9 Å². The van der Waals surface area contributed by atoms with E-state index in [2.05, 4.69) is 5.10 Å². The van der Waals surface area contributed by atoms with Gasteiger partial charge in [0.25, 0.3) is 0 Å². The topological polar surface area (TPSA) is 90.4 Å². The first-order valence-corrected chi connectivity index (χ1v) is 6.58. The molecular weight excluding hydrogens is 274 g/mol. The van der Waals surface area contributed by atoms with Crippen LogP contribution in [0.15, 0.2) is 24.3 Å². The Balaban J connectivity index is 2.21. The number of benzene rings is 1. The molecule has 0 spiro atoms. The highest BCUT2D eigenvalue weighted by Crippen LogP contribution is 2.28. The van der Waals surface area contributed by atoms with Crippen LogP contribution in [0.25, 0.3) is 0 Å². The smallest absolute Gasteiger partial charge is 0.310 e. The van der Waals surface area contributed by atoms with E-state index in [4.69, 9.17) is 9.84 Å². The van der Waals surface area contributed by atoms with Gasteiger partial charge in [0.15, 0.2) is 5.75 Å². The van der Waals surface area contributed by atoms with Gasteiger partial charge in [-0.25, -0.2) is 0 Å². The van der Waals surface area contributed by atoms with E-state index < -0.39 is 4.92 Å². The van der Waals surface area contributed by atoms with Crippen LogP contribution >= 0.6 is 0 Å². The number of aliphatic hydroxyl groups is 1. The Kier molecular flexibility index (Phi) is 4.54. The predicted octanol–water partition coefficient (Wildman–Crippen LogP) is 1.96. The molecule has 0 amide bonds. The number of nitro groups is 1. The minimum absolute atomic E-state index is 0.120. The van der Waals surface area contributed by atoms with Crippen molar-refractivity contribution in [2.24, 2.45) is 7.05 Å². The molecule has 1 heterocycles. The largest absolute Gasteiger partial charge is 0.480 e. The van der Waals surface area contributed by atoms with Crippen molar-refractivity contribution >= 4 is 5.69 Å². The van der Waals surface area contributed by atoms with E-state index in [1.54, 1.807) is 11.7 Å². The monoisotopic (exact) mass is 291 g/mol. The molecule has 112 valence electrons. The Morgan fingerprint density at radius 2 is 2.19 bits per heavy atom. The maximum atomic E-state index is 11.0. The highest BCUT2D eigenvalue weighted by molar-refractivity contribution is 5.48. The van der Waals surface area contributed by atoms with E-state index in [-0.39, 0.29) is 24.7 Å². The number of rotatable bonds is 6. The predicted molar refractivity (Wildman–Crippen MR) is 75.9 cm³/mol. The molecule has 2 aromatic rings. The minimum atomic E-state index is -0.503. The molecule has 0 unspecified atom stereocenters. The lowest BCUT2D eigenvalue weighted by Gasteiger charge is -2.08. The molecule has 0 atom stereocenters. The van der Waals surface area contributed by atoms with Crippen LogP contribution in [-0.4, -0.2) is 19.8 Å². The number of ether oxygens (including phenoxy) is 1. The Morgan fingerprint density at radius 1 is 1.43 bits per heavy atom. The number of aromatic nitrogens is 2. The summed E-state index contributed by atoms with van der Waals surface area (Å²) in [6, 6.07) is 6.23. The average molecular weight is 291 g/mol. The second kappa shape index (κ2) is 6.36. The first-order valence-electron chi connectivity index (χ1n) is 6.58. The third-order valence-electron chi connectivity index (χ3n) is 3.17. The van der Waals surface area contributed by atoms with Gasteiger partial charge in [0, 0.05) is 13.1 Å². The lowest BCUT2D eigenvalue weighted by molar-refractivity contribution is -0.386. The lowest BCUT2D eigenvalue weighted by atomic mass is 10.2. The van der Waals surface area contributed by atoms with Crippen molar-refractivity contribution in [3.63, 3.8) is 0 Å². The third kappa shape index (κ3) is 3.38. The number of nitro benzene ring substituents is 1. The normalized spacial score (nSPS) is 10.6. The van der Waals surface area contributed by atoms with Gasteiger partial charge >= 0.3 is 5.69 Å². The molecule has 1 N–H and O–H groups in total. The zero-order valence-corrected chi connectivity index (χ0v) is 11.9. The summed E-state index contributed by atoms with van der Waals surface area (Å²) in [4.78, 5) is 10.5. The van der Waals surface area contributed by atoms with Gasteiger partial charge in [0.2, 0.25) is 0 Å². The highest BCUT2D eigenvalue weighted by Gasteiger charge is 2.16. The molecule has 0 aliphatic heterocycles. The molecule has 0 radical (unpaired) electrons. The van der Waals surface area contributed by atoms with E-state index in [0.717, 1.165) is 17.8 Å². The molecule has 1 aromatic carbocycles. The van der Waals surface area contributed by atoms with Crippen LogP contribution in [-0.2, 0) is 26.7 Å². The summed E-state index contributed by atoms with van der Waals surface area (Å²) in [5, 5.41) is 24.4. The van der Waals surface area contributed by atoms with Crippen LogP contribution < -0.4 is 4.74 Å². The van der Waals surface area contributed by atoms with Crippen LogP contribution in [0.5, 0.6) is 5.75 Å². The van der Waals surface area contributed by atoms with Gasteiger partial charge < -0.3 is 9.84 Å². The van der Waals surface area contributed by atoms with Crippen LogP contribution in [0.1, 0.15) is 23.9 Å². The van der Waals surface area contributed by atoms with Gasteiger partial charge in [-0.2, -0.15) is 5.10 Å². The Morgan fingerprint density at radius 3 is 2.76 bits per heavy atom. The lowest BCUT2D eigenvalue weighted by Crippen LogP contribution is -2.04. The molecule has 0 aliphatic rings. The molecule has 1 aromatic heterocycles. The molecule has 0 aliphatic carbocycles. The molecule has 0 saturated heterocycles. The zero-order valence-electron chi connectivity index (χ0n) is 11.9. The van der Waals surface area contributed by atoms with Crippen LogP contribution in [0.2, 0.25) is 0 Å². The fourth-order valence-corrected chi connectivity index (χ4v) is 1.95. The van der Waals surface area contributed by atoms with Crippen LogP contribution in [0.3, 0.4) is 0 Å². The van der Waals surface area contributed by atoms with Crippen molar-refractivity contribution in [1.29, 1.82) is 0 Å². The fraction of sp³-hybridized carbons (Fsp3) is 0.357. The Bertz CT molecular complexity index is 652. The standard InChI is InChI=1S/C14H17N3O4/c1-3-11-7-12(16(2)15-11)9-21-14-6-10(8-18)4-5-13(14)17(19)20/h4-7,18H,3,8-9H2,1-2H3.